The maximum Gasteiger partial charge on any atom is -1.00 e. The number of hydrogen-bond acceptors (Lipinski definition) is 0. The minimum absolute atomic E-state index is 0. The van der Waals surface area contributed by atoms with E-state index in [1.54, 1.807) is 12.1 Å². The second-order valence-corrected chi connectivity index (χ2v) is 8.11. The Morgan fingerprint density at radius 2 is 1.67 bits per heavy atom. The van der Waals surface area contributed by atoms with Crippen molar-refractivity contribution in [2.75, 3.05) is 0 Å². The maximum absolute atomic E-state index is 15.2. The normalized spacial score (nSPS) is 16.2. The largest absolute Gasteiger partial charge is 1.00 e. The monoisotopic (exact) mass is 477 g/mol. The molecule has 1 fully saturated rings. The smallest absolute Gasteiger partial charge is 1.00 e. The fraction of sp³-hybridized carbons (Fsp3) is 0.182. The molecule has 0 nitrogen and oxygen atoms in total. The van der Waals surface area contributed by atoms with Crippen molar-refractivity contribution in [1.82, 2.24) is 0 Å². The summed E-state index contributed by atoms with van der Waals surface area (Å²) in [6.45, 7) is 0. The summed E-state index contributed by atoms with van der Waals surface area (Å²) in [5.74, 6) is -0.423. The number of halogens is 4. The topological polar surface area (TPSA) is 0 Å². The van der Waals surface area contributed by atoms with Crippen LogP contribution in [0, 0.1) is 22.1 Å². The van der Waals surface area contributed by atoms with Crippen LogP contribution in [-0.4, -0.2) is 0 Å². The minimum Gasteiger partial charge on any atom is -1.00 e. The molecule has 0 N–H and O–H groups in total. The molecule has 3 aliphatic rings. The van der Waals surface area contributed by atoms with E-state index in [1.165, 1.54) is 45.2 Å². The number of benzene rings is 2. The molecule has 0 heterocycles. The van der Waals surface area contributed by atoms with E-state index in [0.717, 1.165) is 57.7 Å². The fourth-order valence-corrected chi connectivity index (χ4v) is 5.29. The molecular formula is C22H15Cl2F2Zr. The van der Waals surface area contributed by atoms with Gasteiger partial charge in [-0.25, -0.2) is 0 Å². The molecule has 0 amide bonds. The van der Waals surface area contributed by atoms with Gasteiger partial charge in [0.05, 0.1) is 0 Å². The van der Waals surface area contributed by atoms with Crippen molar-refractivity contribution in [3.63, 3.8) is 0 Å². The van der Waals surface area contributed by atoms with E-state index in [2.05, 4.69) is 12.2 Å². The van der Waals surface area contributed by atoms with E-state index in [0.29, 0.717) is 0 Å². The quantitative estimate of drug-likeness (QED) is 0.442. The van der Waals surface area contributed by atoms with Crippen LogP contribution in [0.15, 0.2) is 42.5 Å². The molecule has 0 aliphatic heterocycles. The van der Waals surface area contributed by atoms with Gasteiger partial charge < -0.3 is 24.8 Å². The summed E-state index contributed by atoms with van der Waals surface area (Å²) >= 11 is 1.28. The summed E-state index contributed by atoms with van der Waals surface area (Å²) in [7, 11) is 0. The van der Waals surface area contributed by atoms with E-state index in [4.69, 9.17) is 0 Å². The first-order valence-corrected chi connectivity index (χ1v) is 9.85. The number of hydrogen-bond donors (Lipinski definition) is 0. The first-order valence-electron chi connectivity index (χ1n) is 8.62. The molecule has 3 aliphatic carbocycles. The third-order valence-electron chi connectivity index (χ3n) is 5.47. The Morgan fingerprint density at radius 3 is 2.30 bits per heavy atom. The van der Waals surface area contributed by atoms with Crippen LogP contribution < -0.4 is 35.3 Å². The molecule has 2 aromatic carbocycles. The van der Waals surface area contributed by atoms with Crippen LogP contribution in [-0.2, 0) is 24.7 Å². The van der Waals surface area contributed by atoms with Gasteiger partial charge in [-0.15, -0.1) is 0 Å². The van der Waals surface area contributed by atoms with Gasteiger partial charge in [0.25, 0.3) is 0 Å². The van der Waals surface area contributed by atoms with Crippen LogP contribution in [0.25, 0.3) is 14.4 Å². The van der Waals surface area contributed by atoms with Gasteiger partial charge in [-0.3, -0.25) is 0 Å². The molecule has 0 saturated heterocycles. The zero-order chi connectivity index (χ0) is 17.1. The van der Waals surface area contributed by atoms with Crippen molar-refractivity contribution in [2.45, 2.75) is 25.7 Å². The molecule has 0 spiro atoms. The van der Waals surface area contributed by atoms with Crippen molar-refractivity contribution in [2.24, 2.45) is 0 Å². The molecule has 27 heavy (non-hydrogen) atoms. The minimum atomic E-state index is -0.267. The Kier molecular flexibility index (Phi) is 5.97. The van der Waals surface area contributed by atoms with Crippen molar-refractivity contribution in [3.8, 4) is 0 Å². The summed E-state index contributed by atoms with van der Waals surface area (Å²) < 4.78 is 30.2. The Morgan fingerprint density at radius 1 is 0.889 bits per heavy atom. The Bertz CT molecular complexity index is 1220. The zero-order valence-electron chi connectivity index (χ0n) is 14.4. The van der Waals surface area contributed by atoms with Crippen LogP contribution in [0.4, 0.5) is 8.78 Å². The summed E-state index contributed by atoms with van der Waals surface area (Å²) in [5, 5.41) is 3.55. The van der Waals surface area contributed by atoms with E-state index in [1.807, 2.05) is 12.1 Å². The summed E-state index contributed by atoms with van der Waals surface area (Å²) in [5.41, 5.74) is 4.59. The second kappa shape index (κ2) is 7.78. The molecule has 5 heteroatoms. The molecule has 135 valence electrons. The predicted molar refractivity (Wildman–Crippen MR) is 91.2 cm³/mol. The molecule has 1 saturated carbocycles. The first kappa shape index (κ1) is 20.7. The molecular weight excluding hydrogens is 464 g/mol. The number of fused-ring (bicyclic) bond motifs is 2. The van der Waals surface area contributed by atoms with Gasteiger partial charge in [0.15, 0.2) is 0 Å². The first-order chi connectivity index (χ1) is 12.1. The maximum atomic E-state index is 15.2. The molecule has 2 aromatic rings. The second-order valence-electron chi connectivity index (χ2n) is 6.88. The van der Waals surface area contributed by atoms with Gasteiger partial charge in [0, 0.05) is 0 Å². The SMILES string of the molecule is Fc1ccc2c(c1)=c1cc(F)c(=C3CCC3)c(C3=CC=CC3)c1[C]=2[Zr+2].[Cl-].[Cl-]. The zero-order valence-corrected chi connectivity index (χ0v) is 18.4. The number of allylic oxidation sites excluding steroid dienone is 4. The van der Waals surface area contributed by atoms with Crippen molar-refractivity contribution in [3.05, 3.63) is 86.1 Å². The van der Waals surface area contributed by atoms with Gasteiger partial charge in [0.2, 0.25) is 0 Å². The fourth-order valence-electron chi connectivity index (χ4n) is 4.12. The Labute approximate surface area is 183 Å². The standard InChI is InChI=1S/C22H15F2.2ClH.Zr/c23-16-9-8-15-10-19-18(17(15)11-16)12-20(24)22(14-6-3-7-14)21(19)13-4-1-2-5-13;;;/h1-2,4,8-9,11-12H,3,5-7H2;2*1H;/q;;;+2/p-2. The molecule has 5 rings (SSSR count). The number of rotatable bonds is 1. The van der Waals surface area contributed by atoms with Crippen molar-refractivity contribution in [1.29, 1.82) is 0 Å². The van der Waals surface area contributed by atoms with E-state index in [9.17, 15) is 4.39 Å². The molecule has 0 unspecified atom stereocenters. The summed E-state index contributed by atoms with van der Waals surface area (Å²) in [6.07, 6.45) is 10.2. The molecule has 0 atom stereocenters. The molecule has 0 radical (unpaired) electrons. The van der Waals surface area contributed by atoms with Gasteiger partial charge in [0.1, 0.15) is 0 Å². The van der Waals surface area contributed by atoms with Crippen LogP contribution in [0.1, 0.15) is 36.8 Å². The Hall–Kier alpha value is -1.02. The van der Waals surface area contributed by atoms with Crippen LogP contribution in [0.3, 0.4) is 0 Å². The molecule has 0 bridgehead atoms. The van der Waals surface area contributed by atoms with E-state index < -0.39 is 0 Å². The Balaban J connectivity index is 0.00000105. The summed E-state index contributed by atoms with van der Waals surface area (Å²) in [4.78, 5) is 0. The average molecular weight is 479 g/mol. The van der Waals surface area contributed by atoms with Crippen LogP contribution >= 0.6 is 0 Å². The van der Waals surface area contributed by atoms with Crippen LogP contribution in [0.5, 0.6) is 0 Å². The van der Waals surface area contributed by atoms with E-state index >= 15 is 4.39 Å². The third-order valence-corrected chi connectivity index (χ3v) is 6.75. The molecule has 0 aromatic heterocycles. The van der Waals surface area contributed by atoms with E-state index in [-0.39, 0.29) is 36.4 Å². The average Bonchev–Trinajstić information content (AvgIpc) is 3.15. The van der Waals surface area contributed by atoms with Gasteiger partial charge in [-0.2, -0.15) is 0 Å². The van der Waals surface area contributed by atoms with Gasteiger partial charge >= 0.3 is 160 Å². The van der Waals surface area contributed by atoms with Crippen LogP contribution in [0.2, 0.25) is 0 Å². The van der Waals surface area contributed by atoms with Crippen molar-refractivity contribution < 1.29 is 58.3 Å². The third kappa shape index (κ3) is 3.13. The van der Waals surface area contributed by atoms with Gasteiger partial charge in [-0.05, 0) is 0 Å². The van der Waals surface area contributed by atoms with Gasteiger partial charge in [-0.1, -0.05) is 0 Å². The van der Waals surface area contributed by atoms with Crippen molar-refractivity contribution >= 4 is 14.4 Å². The predicted octanol–water partition coefficient (Wildman–Crippen LogP) is -2.05. The summed E-state index contributed by atoms with van der Waals surface area (Å²) in [6, 6.07) is 6.53.